The number of hydrogen-bond donors (Lipinski definition) is 0. The molecule has 1 aromatic rings. The van der Waals surface area contributed by atoms with E-state index in [-0.39, 0.29) is 12.2 Å². The Bertz CT molecular complexity index is 460. The molecule has 1 rings (SSSR count). The van der Waals surface area contributed by atoms with Crippen molar-refractivity contribution in [3.63, 3.8) is 0 Å². The summed E-state index contributed by atoms with van der Waals surface area (Å²) in [5.74, 6) is -0.634. The summed E-state index contributed by atoms with van der Waals surface area (Å²) in [6.07, 6.45) is 1.42. The number of benzene rings is 1. The average molecular weight is 236 g/mol. The Kier molecular flexibility index (Phi) is 4.56. The summed E-state index contributed by atoms with van der Waals surface area (Å²) < 4.78 is 4.73. The fraction of sp³-hybridized carbons (Fsp3) is 0.167. The lowest BCUT2D eigenvalue weighted by atomic mass is 10.1. The zero-order valence-electron chi connectivity index (χ0n) is 8.74. The molecule has 0 atom stereocenters. The number of hydrogen-bond acceptors (Lipinski definition) is 3. The number of nitriles is 1. The predicted octanol–water partition coefficient (Wildman–Crippen LogP) is 2.81. The zero-order chi connectivity index (χ0) is 12.0. The van der Waals surface area contributed by atoms with Gasteiger partial charge in [-0.3, -0.25) is 0 Å². The van der Waals surface area contributed by atoms with Gasteiger partial charge in [0.2, 0.25) is 0 Å². The molecule has 0 saturated carbocycles. The van der Waals surface area contributed by atoms with E-state index in [1.807, 2.05) is 0 Å². The fourth-order valence-electron chi connectivity index (χ4n) is 1.09. The highest BCUT2D eigenvalue weighted by Gasteiger charge is 2.10. The molecule has 16 heavy (non-hydrogen) atoms. The zero-order valence-corrected chi connectivity index (χ0v) is 9.49. The van der Waals surface area contributed by atoms with Crippen molar-refractivity contribution in [1.82, 2.24) is 0 Å². The lowest BCUT2D eigenvalue weighted by Crippen LogP contribution is -2.06. The van der Waals surface area contributed by atoms with Crippen LogP contribution in [0.25, 0.3) is 6.08 Å². The van der Waals surface area contributed by atoms with Gasteiger partial charge in [0.25, 0.3) is 0 Å². The number of rotatable bonds is 3. The van der Waals surface area contributed by atoms with Gasteiger partial charge in [-0.05, 0) is 24.6 Å². The van der Waals surface area contributed by atoms with E-state index in [1.54, 1.807) is 37.3 Å². The summed E-state index contributed by atoms with van der Waals surface area (Å²) in [6, 6.07) is 8.75. The van der Waals surface area contributed by atoms with Gasteiger partial charge < -0.3 is 4.74 Å². The SMILES string of the molecule is CCOC(=O)/C(C#N)=C/c1ccccc1Cl. The van der Waals surface area contributed by atoms with Gasteiger partial charge in [0.1, 0.15) is 11.6 Å². The summed E-state index contributed by atoms with van der Waals surface area (Å²) in [4.78, 5) is 11.3. The second-order valence-corrected chi connectivity index (χ2v) is 3.32. The number of nitrogens with zero attached hydrogens (tertiary/aromatic N) is 1. The first kappa shape index (κ1) is 12.3. The van der Waals surface area contributed by atoms with Crippen LogP contribution in [0.2, 0.25) is 5.02 Å². The van der Waals surface area contributed by atoms with E-state index in [9.17, 15) is 4.79 Å². The lowest BCUT2D eigenvalue weighted by Gasteiger charge is -2.00. The molecule has 1 aromatic carbocycles. The highest BCUT2D eigenvalue weighted by molar-refractivity contribution is 6.32. The number of esters is 1. The Morgan fingerprint density at radius 1 is 1.56 bits per heavy atom. The third-order valence-corrected chi connectivity index (χ3v) is 2.17. The number of carbonyl (C=O) groups excluding carboxylic acids is 1. The van der Waals surface area contributed by atoms with Crippen LogP contribution in [0.3, 0.4) is 0 Å². The molecule has 0 unspecified atom stereocenters. The van der Waals surface area contributed by atoms with Crippen molar-refractivity contribution in [3.05, 3.63) is 40.4 Å². The largest absolute Gasteiger partial charge is 0.462 e. The third-order valence-electron chi connectivity index (χ3n) is 1.82. The summed E-state index contributed by atoms with van der Waals surface area (Å²) in [5, 5.41) is 9.30. The molecule has 82 valence electrons. The van der Waals surface area contributed by atoms with Crippen LogP contribution in [0, 0.1) is 11.3 Å². The van der Waals surface area contributed by atoms with E-state index in [2.05, 4.69) is 0 Å². The molecule has 0 spiro atoms. The molecule has 0 radical (unpaired) electrons. The van der Waals surface area contributed by atoms with Gasteiger partial charge in [0, 0.05) is 5.02 Å². The number of carbonyl (C=O) groups is 1. The van der Waals surface area contributed by atoms with Gasteiger partial charge in [0.15, 0.2) is 0 Å². The minimum absolute atomic E-state index is 0.0602. The molecule has 3 nitrogen and oxygen atoms in total. The Balaban J connectivity index is 3.02. The van der Waals surface area contributed by atoms with Crippen LogP contribution in [0.1, 0.15) is 12.5 Å². The molecule has 4 heteroatoms. The highest BCUT2D eigenvalue weighted by Crippen LogP contribution is 2.18. The lowest BCUT2D eigenvalue weighted by molar-refractivity contribution is -0.137. The van der Waals surface area contributed by atoms with Gasteiger partial charge in [0.05, 0.1) is 6.61 Å². The minimum Gasteiger partial charge on any atom is -0.462 e. The van der Waals surface area contributed by atoms with E-state index < -0.39 is 5.97 Å². The Morgan fingerprint density at radius 2 is 2.25 bits per heavy atom. The normalized spacial score (nSPS) is 10.7. The van der Waals surface area contributed by atoms with E-state index in [4.69, 9.17) is 21.6 Å². The molecule has 0 N–H and O–H groups in total. The third kappa shape index (κ3) is 3.11. The van der Waals surface area contributed by atoms with Crippen LogP contribution >= 0.6 is 11.6 Å². The predicted molar refractivity (Wildman–Crippen MR) is 61.7 cm³/mol. The topological polar surface area (TPSA) is 50.1 Å². The number of ether oxygens (including phenoxy) is 1. The standard InChI is InChI=1S/C12H10ClNO2/c1-2-16-12(15)10(8-14)7-9-5-3-4-6-11(9)13/h3-7H,2H2,1H3/b10-7+. The molecular formula is C12H10ClNO2. The van der Waals surface area contributed by atoms with Crippen LogP contribution in [0.4, 0.5) is 0 Å². The number of halogens is 1. The van der Waals surface area contributed by atoms with Crippen molar-refractivity contribution in [2.24, 2.45) is 0 Å². The van der Waals surface area contributed by atoms with Crippen molar-refractivity contribution in [2.75, 3.05) is 6.61 Å². The second-order valence-electron chi connectivity index (χ2n) is 2.91. The first-order valence-corrected chi connectivity index (χ1v) is 5.10. The van der Waals surface area contributed by atoms with Crippen molar-refractivity contribution < 1.29 is 9.53 Å². The van der Waals surface area contributed by atoms with E-state index >= 15 is 0 Å². The summed E-state index contributed by atoms with van der Waals surface area (Å²) >= 11 is 5.90. The average Bonchev–Trinajstić information content (AvgIpc) is 2.28. The van der Waals surface area contributed by atoms with Crippen molar-refractivity contribution >= 4 is 23.6 Å². The van der Waals surface area contributed by atoms with E-state index in [0.717, 1.165) is 0 Å². The summed E-state index contributed by atoms with van der Waals surface area (Å²) in [6.45, 7) is 1.92. The second kappa shape index (κ2) is 5.94. The smallest absolute Gasteiger partial charge is 0.348 e. The van der Waals surface area contributed by atoms with Gasteiger partial charge in [-0.15, -0.1) is 0 Å². The van der Waals surface area contributed by atoms with Crippen molar-refractivity contribution in [1.29, 1.82) is 5.26 Å². The monoisotopic (exact) mass is 235 g/mol. The van der Waals surface area contributed by atoms with Crippen molar-refractivity contribution in [3.8, 4) is 6.07 Å². The van der Waals surface area contributed by atoms with Gasteiger partial charge in [-0.2, -0.15) is 5.26 Å². The molecule has 0 bridgehead atoms. The first-order chi connectivity index (χ1) is 7.69. The maximum absolute atomic E-state index is 11.3. The molecule has 0 amide bonds. The van der Waals surface area contributed by atoms with E-state index in [0.29, 0.717) is 10.6 Å². The molecule has 0 saturated heterocycles. The Hall–Kier alpha value is -1.79. The maximum atomic E-state index is 11.3. The highest BCUT2D eigenvalue weighted by atomic mass is 35.5. The molecule has 0 aliphatic rings. The molecule has 0 aliphatic carbocycles. The van der Waals surface area contributed by atoms with E-state index in [1.165, 1.54) is 6.08 Å². The summed E-state index contributed by atoms with van der Waals surface area (Å²) in [5.41, 5.74) is 0.559. The molecule has 0 aromatic heterocycles. The quantitative estimate of drug-likeness (QED) is 0.460. The Morgan fingerprint density at radius 3 is 2.81 bits per heavy atom. The van der Waals surface area contributed by atoms with Crippen LogP contribution in [0.15, 0.2) is 29.8 Å². The molecule has 0 fully saturated rings. The van der Waals surface area contributed by atoms with Gasteiger partial charge in [-0.1, -0.05) is 29.8 Å². The van der Waals surface area contributed by atoms with Crippen LogP contribution in [-0.2, 0) is 9.53 Å². The summed E-state index contributed by atoms with van der Waals surface area (Å²) in [7, 11) is 0. The molecule has 0 aliphatic heterocycles. The van der Waals surface area contributed by atoms with Crippen LogP contribution in [-0.4, -0.2) is 12.6 Å². The van der Waals surface area contributed by atoms with Gasteiger partial charge >= 0.3 is 5.97 Å². The van der Waals surface area contributed by atoms with Crippen LogP contribution in [0.5, 0.6) is 0 Å². The fourth-order valence-corrected chi connectivity index (χ4v) is 1.28. The minimum atomic E-state index is -0.634. The maximum Gasteiger partial charge on any atom is 0.348 e. The molecule has 0 heterocycles. The first-order valence-electron chi connectivity index (χ1n) is 4.72. The van der Waals surface area contributed by atoms with Gasteiger partial charge in [-0.25, -0.2) is 4.79 Å². The molecular weight excluding hydrogens is 226 g/mol. The van der Waals surface area contributed by atoms with Crippen molar-refractivity contribution in [2.45, 2.75) is 6.92 Å². The Labute approximate surface area is 98.9 Å². The van der Waals surface area contributed by atoms with Crippen LogP contribution < -0.4 is 0 Å².